The number of carbonyl (C=O) groups excluding carboxylic acids is 2. The summed E-state index contributed by atoms with van der Waals surface area (Å²) in [4.78, 5) is 28.6. The molecule has 1 unspecified atom stereocenters. The number of aromatic nitrogens is 1. The molecule has 0 aliphatic carbocycles. The highest BCUT2D eigenvalue weighted by molar-refractivity contribution is 5.94. The number of rotatable bonds is 7. The zero-order valence-electron chi connectivity index (χ0n) is 17.0. The first kappa shape index (κ1) is 23.2. The van der Waals surface area contributed by atoms with E-state index < -0.39 is 23.7 Å². The Balaban J connectivity index is 1.81. The number of pyridine rings is 1. The van der Waals surface area contributed by atoms with E-state index >= 15 is 0 Å². The number of benzene rings is 1. The fourth-order valence-electron chi connectivity index (χ4n) is 2.83. The van der Waals surface area contributed by atoms with E-state index in [1.807, 2.05) is 32.9 Å². The maximum Gasteiger partial charge on any atom is 0.416 e. The van der Waals surface area contributed by atoms with E-state index in [0.717, 1.165) is 35.5 Å². The maximum absolute atomic E-state index is 12.6. The fourth-order valence-corrected chi connectivity index (χ4v) is 2.83. The second-order valence-electron chi connectivity index (χ2n) is 7.16. The molecule has 1 aromatic heterocycles. The van der Waals surface area contributed by atoms with Crippen LogP contribution in [-0.4, -0.2) is 30.0 Å². The summed E-state index contributed by atoms with van der Waals surface area (Å²) in [6, 6.07) is 7.01. The third-order valence-corrected chi connectivity index (χ3v) is 4.47. The Morgan fingerprint density at radius 2 is 1.67 bits per heavy atom. The average Bonchev–Trinajstić information content (AvgIpc) is 2.69. The summed E-state index contributed by atoms with van der Waals surface area (Å²) in [7, 11) is 0. The van der Waals surface area contributed by atoms with Gasteiger partial charge in [0.1, 0.15) is 0 Å². The minimum absolute atomic E-state index is 0.109. The molecule has 1 heterocycles. The zero-order valence-corrected chi connectivity index (χ0v) is 17.0. The molecule has 1 atom stereocenters. The molecule has 0 radical (unpaired) electrons. The van der Waals surface area contributed by atoms with Crippen molar-refractivity contribution in [3.05, 3.63) is 65.0 Å². The SMILES string of the molecule is Cc1cccnc1C(NC(=O)NCCNC(=O)c1ccc(C(F)(F)F)cc1)C(C)C. The molecule has 9 heteroatoms. The lowest BCUT2D eigenvalue weighted by Gasteiger charge is -2.23. The molecule has 0 saturated carbocycles. The second kappa shape index (κ2) is 10.1. The molecule has 1 aromatic carbocycles. The number of halogens is 3. The summed E-state index contributed by atoms with van der Waals surface area (Å²) in [5, 5.41) is 8.09. The molecule has 30 heavy (non-hydrogen) atoms. The van der Waals surface area contributed by atoms with E-state index in [9.17, 15) is 22.8 Å². The number of urea groups is 1. The fraction of sp³-hybridized carbons (Fsp3) is 0.381. The van der Waals surface area contributed by atoms with E-state index in [1.54, 1.807) is 6.20 Å². The maximum atomic E-state index is 12.6. The molecule has 162 valence electrons. The Labute approximate surface area is 173 Å². The predicted molar refractivity (Wildman–Crippen MR) is 107 cm³/mol. The summed E-state index contributed by atoms with van der Waals surface area (Å²) >= 11 is 0. The zero-order chi connectivity index (χ0) is 22.3. The lowest BCUT2D eigenvalue weighted by atomic mass is 9.97. The van der Waals surface area contributed by atoms with Gasteiger partial charge in [-0.25, -0.2) is 4.79 Å². The van der Waals surface area contributed by atoms with E-state index in [0.29, 0.717) is 0 Å². The molecule has 0 spiro atoms. The minimum Gasteiger partial charge on any atom is -0.350 e. The van der Waals surface area contributed by atoms with Crippen molar-refractivity contribution in [2.24, 2.45) is 5.92 Å². The van der Waals surface area contributed by atoms with Crippen molar-refractivity contribution in [1.29, 1.82) is 0 Å². The Morgan fingerprint density at radius 3 is 2.23 bits per heavy atom. The van der Waals surface area contributed by atoms with Gasteiger partial charge in [-0.15, -0.1) is 0 Å². The topological polar surface area (TPSA) is 83.1 Å². The Morgan fingerprint density at radius 1 is 1.03 bits per heavy atom. The van der Waals surface area contributed by atoms with Crippen LogP contribution in [0.3, 0.4) is 0 Å². The molecular weight excluding hydrogens is 397 g/mol. The van der Waals surface area contributed by atoms with Crippen LogP contribution in [0.15, 0.2) is 42.6 Å². The van der Waals surface area contributed by atoms with Crippen LogP contribution in [0, 0.1) is 12.8 Å². The quantitative estimate of drug-likeness (QED) is 0.593. The van der Waals surface area contributed by atoms with E-state index in [4.69, 9.17) is 0 Å². The molecule has 0 aliphatic heterocycles. The monoisotopic (exact) mass is 422 g/mol. The van der Waals surface area contributed by atoms with Gasteiger partial charge < -0.3 is 16.0 Å². The number of nitrogens with one attached hydrogen (secondary N) is 3. The van der Waals surface area contributed by atoms with Crippen molar-refractivity contribution in [1.82, 2.24) is 20.9 Å². The van der Waals surface area contributed by atoms with Crippen LogP contribution in [0.2, 0.25) is 0 Å². The van der Waals surface area contributed by atoms with Crippen LogP contribution in [0.5, 0.6) is 0 Å². The third-order valence-electron chi connectivity index (χ3n) is 4.47. The number of aryl methyl sites for hydroxylation is 1. The largest absolute Gasteiger partial charge is 0.416 e. The van der Waals surface area contributed by atoms with Crippen LogP contribution in [0.1, 0.15) is 47.1 Å². The second-order valence-corrected chi connectivity index (χ2v) is 7.16. The smallest absolute Gasteiger partial charge is 0.350 e. The van der Waals surface area contributed by atoms with Crippen LogP contribution >= 0.6 is 0 Å². The van der Waals surface area contributed by atoms with Gasteiger partial charge in [0.25, 0.3) is 5.91 Å². The van der Waals surface area contributed by atoms with Gasteiger partial charge in [0.2, 0.25) is 0 Å². The summed E-state index contributed by atoms with van der Waals surface area (Å²) in [5.41, 5.74) is 1.05. The molecule has 2 rings (SSSR count). The van der Waals surface area contributed by atoms with Crippen molar-refractivity contribution in [3.63, 3.8) is 0 Å². The molecule has 0 saturated heterocycles. The normalized spacial score (nSPS) is 12.4. The van der Waals surface area contributed by atoms with Crippen molar-refractivity contribution in [3.8, 4) is 0 Å². The van der Waals surface area contributed by atoms with Crippen molar-refractivity contribution in [2.45, 2.75) is 33.0 Å². The summed E-state index contributed by atoms with van der Waals surface area (Å²) < 4.78 is 37.7. The molecule has 3 N–H and O–H groups in total. The summed E-state index contributed by atoms with van der Waals surface area (Å²) in [6.07, 6.45) is -2.78. The average molecular weight is 422 g/mol. The molecule has 0 bridgehead atoms. The molecule has 0 fully saturated rings. The lowest BCUT2D eigenvalue weighted by molar-refractivity contribution is -0.137. The Bertz CT molecular complexity index is 867. The van der Waals surface area contributed by atoms with Crippen molar-refractivity contribution < 1.29 is 22.8 Å². The Kier molecular flexibility index (Phi) is 7.79. The van der Waals surface area contributed by atoms with Gasteiger partial charge in [-0.05, 0) is 48.7 Å². The minimum atomic E-state index is -4.45. The third kappa shape index (κ3) is 6.47. The van der Waals surface area contributed by atoms with Gasteiger partial charge in [-0.1, -0.05) is 19.9 Å². The summed E-state index contributed by atoms with van der Waals surface area (Å²) in [6.45, 7) is 6.16. The van der Waals surface area contributed by atoms with Crippen LogP contribution < -0.4 is 16.0 Å². The highest BCUT2D eigenvalue weighted by atomic mass is 19.4. The number of hydrogen-bond donors (Lipinski definition) is 3. The molecule has 2 aromatic rings. The van der Waals surface area contributed by atoms with Gasteiger partial charge >= 0.3 is 12.2 Å². The standard InChI is InChI=1S/C21H25F3N4O2/c1-13(2)17(18-14(3)5-4-10-25-18)28-20(30)27-12-11-26-19(29)15-6-8-16(9-7-15)21(22,23)24/h4-10,13,17H,11-12H2,1-3H3,(H,26,29)(H2,27,28,30). The van der Waals surface area contributed by atoms with Crippen LogP contribution in [0.25, 0.3) is 0 Å². The van der Waals surface area contributed by atoms with Gasteiger partial charge in [0.15, 0.2) is 0 Å². The number of nitrogens with zero attached hydrogens (tertiary/aromatic N) is 1. The first-order valence-electron chi connectivity index (χ1n) is 9.51. The highest BCUT2D eigenvalue weighted by Gasteiger charge is 2.30. The number of amides is 3. The van der Waals surface area contributed by atoms with Crippen LogP contribution in [-0.2, 0) is 6.18 Å². The van der Waals surface area contributed by atoms with Crippen LogP contribution in [0.4, 0.5) is 18.0 Å². The number of hydrogen-bond acceptors (Lipinski definition) is 3. The van der Waals surface area contributed by atoms with Crippen molar-refractivity contribution in [2.75, 3.05) is 13.1 Å². The van der Waals surface area contributed by atoms with E-state index in [2.05, 4.69) is 20.9 Å². The van der Waals surface area contributed by atoms with E-state index in [-0.39, 0.29) is 30.6 Å². The first-order chi connectivity index (χ1) is 14.1. The molecular formula is C21H25F3N4O2. The van der Waals surface area contributed by atoms with Gasteiger partial charge in [0, 0.05) is 24.8 Å². The van der Waals surface area contributed by atoms with Gasteiger partial charge in [0.05, 0.1) is 17.3 Å². The number of carbonyl (C=O) groups is 2. The predicted octanol–water partition coefficient (Wildman–Crippen LogP) is 3.84. The molecule has 6 nitrogen and oxygen atoms in total. The number of alkyl halides is 3. The molecule has 3 amide bonds. The molecule has 0 aliphatic rings. The first-order valence-corrected chi connectivity index (χ1v) is 9.51. The van der Waals surface area contributed by atoms with Gasteiger partial charge in [-0.3, -0.25) is 9.78 Å². The summed E-state index contributed by atoms with van der Waals surface area (Å²) in [5.74, 6) is -0.404. The van der Waals surface area contributed by atoms with Crippen molar-refractivity contribution >= 4 is 11.9 Å². The van der Waals surface area contributed by atoms with Gasteiger partial charge in [-0.2, -0.15) is 13.2 Å². The van der Waals surface area contributed by atoms with E-state index in [1.165, 1.54) is 0 Å². The Hall–Kier alpha value is -3.10. The lowest BCUT2D eigenvalue weighted by Crippen LogP contribution is -2.43. The highest BCUT2D eigenvalue weighted by Crippen LogP contribution is 2.29.